The molecule has 4 rings (SSSR count). The third-order valence-corrected chi connectivity index (χ3v) is 5.20. The molecule has 0 saturated carbocycles. The SMILES string of the molecule is Cc1c(C(=O)N2CCC[C@H]2c2ccc(O)cc2)oc2c(Cl)cccc12. The minimum Gasteiger partial charge on any atom is -0.508 e. The molecule has 1 saturated heterocycles. The lowest BCUT2D eigenvalue weighted by Crippen LogP contribution is -2.30. The summed E-state index contributed by atoms with van der Waals surface area (Å²) in [4.78, 5) is 15.0. The van der Waals surface area contributed by atoms with E-state index in [0.717, 1.165) is 29.4 Å². The van der Waals surface area contributed by atoms with E-state index < -0.39 is 0 Å². The highest BCUT2D eigenvalue weighted by molar-refractivity contribution is 6.35. The number of furan rings is 1. The Labute approximate surface area is 150 Å². The van der Waals surface area contributed by atoms with Gasteiger partial charge in [-0.3, -0.25) is 4.79 Å². The van der Waals surface area contributed by atoms with Crippen LogP contribution in [-0.2, 0) is 0 Å². The zero-order valence-corrected chi connectivity index (χ0v) is 14.6. The number of fused-ring (bicyclic) bond motifs is 1. The lowest BCUT2D eigenvalue weighted by Gasteiger charge is -2.24. The van der Waals surface area contributed by atoms with E-state index in [9.17, 15) is 9.90 Å². The van der Waals surface area contributed by atoms with Gasteiger partial charge in [-0.05, 0) is 43.5 Å². The number of amides is 1. The van der Waals surface area contributed by atoms with E-state index in [1.165, 1.54) is 0 Å². The van der Waals surface area contributed by atoms with Crippen LogP contribution in [0.2, 0.25) is 5.02 Å². The quantitative estimate of drug-likeness (QED) is 0.697. The Hall–Kier alpha value is -2.46. The van der Waals surface area contributed by atoms with E-state index in [4.69, 9.17) is 16.0 Å². The van der Waals surface area contributed by atoms with Crippen molar-refractivity contribution < 1.29 is 14.3 Å². The Morgan fingerprint density at radius 1 is 1.24 bits per heavy atom. The molecule has 5 heteroatoms. The highest BCUT2D eigenvalue weighted by atomic mass is 35.5. The maximum Gasteiger partial charge on any atom is 0.290 e. The second kappa shape index (κ2) is 6.12. The van der Waals surface area contributed by atoms with Crippen LogP contribution >= 0.6 is 11.6 Å². The average molecular weight is 356 g/mol. The van der Waals surface area contributed by atoms with Crippen LogP contribution in [0.4, 0.5) is 0 Å². The molecule has 1 aliphatic heterocycles. The molecule has 128 valence electrons. The monoisotopic (exact) mass is 355 g/mol. The van der Waals surface area contributed by atoms with E-state index in [0.29, 0.717) is 22.9 Å². The third kappa shape index (κ3) is 2.67. The molecule has 1 atom stereocenters. The molecule has 1 N–H and O–H groups in total. The highest BCUT2D eigenvalue weighted by Gasteiger charge is 2.33. The van der Waals surface area contributed by atoms with Crippen molar-refractivity contribution in [1.29, 1.82) is 0 Å². The maximum atomic E-state index is 13.1. The van der Waals surface area contributed by atoms with Crippen LogP contribution in [-0.4, -0.2) is 22.5 Å². The van der Waals surface area contributed by atoms with Gasteiger partial charge in [0.2, 0.25) is 0 Å². The van der Waals surface area contributed by atoms with Gasteiger partial charge in [-0.25, -0.2) is 0 Å². The molecule has 3 aromatic rings. The number of hydrogen-bond acceptors (Lipinski definition) is 3. The number of carbonyl (C=O) groups is 1. The van der Waals surface area contributed by atoms with Gasteiger partial charge in [0.25, 0.3) is 5.91 Å². The number of benzene rings is 2. The van der Waals surface area contributed by atoms with Crippen molar-refractivity contribution in [1.82, 2.24) is 4.90 Å². The fourth-order valence-corrected chi connectivity index (χ4v) is 3.81. The van der Waals surface area contributed by atoms with Crippen molar-refractivity contribution in [2.75, 3.05) is 6.54 Å². The summed E-state index contributed by atoms with van der Waals surface area (Å²) in [6.07, 6.45) is 1.84. The molecule has 25 heavy (non-hydrogen) atoms. The molecule has 2 aromatic carbocycles. The first-order chi connectivity index (χ1) is 12.1. The molecule has 0 aliphatic carbocycles. The minimum atomic E-state index is -0.111. The Kier molecular flexibility index (Phi) is 3.92. The molecule has 2 heterocycles. The van der Waals surface area contributed by atoms with Crippen LogP contribution in [0.3, 0.4) is 0 Å². The summed E-state index contributed by atoms with van der Waals surface area (Å²) in [6.45, 7) is 2.58. The van der Waals surface area contributed by atoms with E-state index in [1.807, 2.05) is 36.1 Å². The highest BCUT2D eigenvalue weighted by Crippen LogP contribution is 2.36. The summed E-state index contributed by atoms with van der Waals surface area (Å²) in [7, 11) is 0. The fraction of sp³-hybridized carbons (Fsp3) is 0.250. The van der Waals surface area contributed by atoms with Crippen molar-refractivity contribution in [3.63, 3.8) is 0 Å². The Morgan fingerprint density at radius 3 is 2.72 bits per heavy atom. The fourth-order valence-electron chi connectivity index (χ4n) is 3.60. The molecule has 0 radical (unpaired) electrons. The van der Waals surface area contributed by atoms with Crippen LogP contribution in [0, 0.1) is 6.92 Å². The summed E-state index contributed by atoms with van der Waals surface area (Å²) in [5.41, 5.74) is 2.40. The number of carbonyl (C=O) groups excluding carboxylic acids is 1. The van der Waals surface area contributed by atoms with E-state index >= 15 is 0 Å². The largest absolute Gasteiger partial charge is 0.508 e. The van der Waals surface area contributed by atoms with Gasteiger partial charge in [0.1, 0.15) is 5.75 Å². The van der Waals surface area contributed by atoms with Crippen LogP contribution in [0.5, 0.6) is 5.75 Å². The number of nitrogens with zero attached hydrogens (tertiary/aromatic N) is 1. The van der Waals surface area contributed by atoms with Gasteiger partial charge in [0.15, 0.2) is 11.3 Å². The summed E-state index contributed by atoms with van der Waals surface area (Å²) < 4.78 is 5.84. The van der Waals surface area contributed by atoms with Crippen LogP contribution < -0.4 is 0 Å². The van der Waals surface area contributed by atoms with Crippen molar-refractivity contribution in [3.05, 3.63) is 64.4 Å². The third-order valence-electron chi connectivity index (χ3n) is 4.90. The van der Waals surface area contributed by atoms with Gasteiger partial charge in [-0.15, -0.1) is 0 Å². The minimum absolute atomic E-state index is 0.00353. The van der Waals surface area contributed by atoms with Crippen LogP contribution in [0.15, 0.2) is 46.9 Å². The topological polar surface area (TPSA) is 53.7 Å². The second-order valence-electron chi connectivity index (χ2n) is 6.42. The lowest BCUT2D eigenvalue weighted by atomic mass is 10.0. The first kappa shape index (κ1) is 16.0. The zero-order valence-electron chi connectivity index (χ0n) is 13.8. The van der Waals surface area contributed by atoms with E-state index in [2.05, 4.69) is 0 Å². The molecule has 1 amide bonds. The van der Waals surface area contributed by atoms with Crippen molar-refractivity contribution in [3.8, 4) is 5.75 Å². The summed E-state index contributed by atoms with van der Waals surface area (Å²) in [6, 6.07) is 12.6. The molecule has 1 aromatic heterocycles. The number of phenols is 1. The van der Waals surface area contributed by atoms with Gasteiger partial charge in [-0.2, -0.15) is 0 Å². The zero-order chi connectivity index (χ0) is 17.6. The molecule has 0 unspecified atom stereocenters. The normalized spacial score (nSPS) is 17.4. The number of phenolic OH excluding ortho intramolecular Hbond substituents is 1. The van der Waals surface area contributed by atoms with E-state index in [-0.39, 0.29) is 17.7 Å². The van der Waals surface area contributed by atoms with E-state index in [1.54, 1.807) is 18.2 Å². The average Bonchev–Trinajstić information content (AvgIpc) is 3.22. The predicted octanol–water partition coefficient (Wildman–Crippen LogP) is 5.08. The van der Waals surface area contributed by atoms with Gasteiger partial charge in [0.05, 0.1) is 11.1 Å². The van der Waals surface area contributed by atoms with Crippen LogP contribution in [0.1, 0.15) is 40.6 Å². The smallest absolute Gasteiger partial charge is 0.290 e. The lowest BCUT2D eigenvalue weighted by molar-refractivity contribution is 0.0704. The van der Waals surface area contributed by atoms with Crippen LogP contribution in [0.25, 0.3) is 11.0 Å². The second-order valence-corrected chi connectivity index (χ2v) is 6.83. The Balaban J connectivity index is 1.71. The van der Waals surface area contributed by atoms with Gasteiger partial charge in [0, 0.05) is 17.5 Å². The first-order valence-electron chi connectivity index (χ1n) is 8.34. The summed E-state index contributed by atoms with van der Waals surface area (Å²) >= 11 is 6.20. The molecular weight excluding hydrogens is 338 g/mol. The molecule has 0 spiro atoms. The van der Waals surface area contributed by atoms with Crippen molar-refractivity contribution >= 4 is 28.5 Å². The number of hydrogen-bond donors (Lipinski definition) is 1. The Bertz CT molecular complexity index is 945. The molecule has 0 bridgehead atoms. The summed E-state index contributed by atoms with van der Waals surface area (Å²) in [5.74, 6) is 0.469. The van der Waals surface area contributed by atoms with Crippen molar-refractivity contribution in [2.24, 2.45) is 0 Å². The number of para-hydroxylation sites is 1. The van der Waals surface area contributed by atoms with Gasteiger partial charge < -0.3 is 14.4 Å². The molecule has 4 nitrogen and oxygen atoms in total. The maximum absolute atomic E-state index is 13.1. The number of aromatic hydroxyl groups is 1. The van der Waals surface area contributed by atoms with Gasteiger partial charge in [-0.1, -0.05) is 35.9 Å². The number of aryl methyl sites for hydroxylation is 1. The Morgan fingerprint density at radius 2 is 2.00 bits per heavy atom. The summed E-state index contributed by atoms with van der Waals surface area (Å²) in [5, 5.41) is 10.9. The molecular formula is C20H18ClNO3. The number of likely N-dealkylation sites (tertiary alicyclic amines) is 1. The number of rotatable bonds is 2. The standard InChI is InChI=1S/C20H18ClNO3/c1-12-15-4-2-5-16(21)19(15)25-18(12)20(24)22-11-3-6-17(22)13-7-9-14(23)10-8-13/h2,4-5,7-10,17,23H,3,6,11H2,1H3/t17-/m0/s1. The predicted molar refractivity (Wildman–Crippen MR) is 97.1 cm³/mol. The molecule has 1 fully saturated rings. The molecule has 1 aliphatic rings. The van der Waals surface area contributed by atoms with Gasteiger partial charge >= 0.3 is 0 Å². The first-order valence-corrected chi connectivity index (χ1v) is 8.71. The van der Waals surface area contributed by atoms with Crippen molar-refractivity contribution in [2.45, 2.75) is 25.8 Å². The number of halogens is 1.